The number of methoxy groups -OCH3 is 1. The highest BCUT2D eigenvalue weighted by molar-refractivity contribution is 6.10. The van der Waals surface area contributed by atoms with E-state index in [2.05, 4.69) is 13.2 Å². The van der Waals surface area contributed by atoms with E-state index >= 15 is 0 Å². The molecule has 31 heavy (non-hydrogen) atoms. The molecule has 4 nitrogen and oxygen atoms in total. The summed E-state index contributed by atoms with van der Waals surface area (Å²) in [5.41, 5.74) is 1.81. The van der Waals surface area contributed by atoms with Crippen LogP contribution in [0.1, 0.15) is 17.3 Å². The van der Waals surface area contributed by atoms with Gasteiger partial charge in [0.1, 0.15) is 28.7 Å². The molecule has 0 heterocycles. The van der Waals surface area contributed by atoms with Crippen molar-refractivity contribution in [3.05, 3.63) is 115 Å². The number of benzene rings is 3. The molecular formula is C27H24O4. The molecule has 0 radical (unpaired) electrons. The predicted molar refractivity (Wildman–Crippen MR) is 123 cm³/mol. The van der Waals surface area contributed by atoms with Crippen molar-refractivity contribution in [2.24, 2.45) is 0 Å². The molecule has 3 aromatic carbocycles. The Morgan fingerprint density at radius 2 is 1.06 bits per heavy atom. The Balaban J connectivity index is 1.60. The summed E-state index contributed by atoms with van der Waals surface area (Å²) in [4.78, 5) is 12.4. The number of ether oxygens (including phenoxy) is 3. The van der Waals surface area contributed by atoms with Gasteiger partial charge in [-0.05, 0) is 79.7 Å². The molecule has 0 aromatic heterocycles. The van der Waals surface area contributed by atoms with E-state index in [4.69, 9.17) is 14.2 Å². The highest BCUT2D eigenvalue weighted by Gasteiger charge is 2.08. The molecule has 0 bridgehead atoms. The van der Waals surface area contributed by atoms with Crippen LogP contribution >= 0.6 is 0 Å². The molecule has 0 aliphatic carbocycles. The van der Waals surface area contributed by atoms with Crippen LogP contribution in [0.3, 0.4) is 0 Å². The monoisotopic (exact) mass is 412 g/mol. The molecule has 0 fully saturated rings. The van der Waals surface area contributed by atoms with Crippen molar-refractivity contribution in [1.82, 2.24) is 0 Å². The number of carbonyl (C=O) groups is 1. The summed E-state index contributed by atoms with van der Waals surface area (Å²) >= 11 is 0. The van der Waals surface area contributed by atoms with Crippen molar-refractivity contribution in [3.63, 3.8) is 0 Å². The van der Waals surface area contributed by atoms with Crippen LogP contribution in [0, 0.1) is 0 Å². The Kier molecular flexibility index (Phi) is 7.07. The smallest absolute Gasteiger partial charge is 0.192 e. The number of ketones is 1. The Bertz CT molecular complexity index is 1090. The highest BCUT2D eigenvalue weighted by atomic mass is 16.5. The average Bonchev–Trinajstić information content (AvgIpc) is 2.79. The third-order valence-corrected chi connectivity index (χ3v) is 4.33. The highest BCUT2D eigenvalue weighted by Crippen LogP contribution is 2.28. The van der Waals surface area contributed by atoms with E-state index in [1.54, 1.807) is 43.5 Å². The Morgan fingerprint density at radius 1 is 0.677 bits per heavy atom. The standard InChI is InChI=1S/C27H24O4/c1-19(2)5-6-20(3)27(28)21-7-9-23(10-8-21)30-25-15-17-26(18-16-25)31-24-13-11-22(29-4)12-14-24/h5-18H,1,3H2,2,4H3. The van der Waals surface area contributed by atoms with Crippen molar-refractivity contribution in [1.29, 1.82) is 0 Å². The van der Waals surface area contributed by atoms with Crippen molar-refractivity contribution in [2.45, 2.75) is 6.92 Å². The lowest BCUT2D eigenvalue weighted by molar-refractivity contribution is 0.103. The van der Waals surface area contributed by atoms with Gasteiger partial charge in [-0.3, -0.25) is 4.79 Å². The van der Waals surface area contributed by atoms with Crippen LogP contribution in [0.5, 0.6) is 28.7 Å². The fraction of sp³-hybridized carbons (Fsp3) is 0.0741. The van der Waals surface area contributed by atoms with Gasteiger partial charge in [-0.15, -0.1) is 0 Å². The van der Waals surface area contributed by atoms with E-state index in [0.29, 0.717) is 28.4 Å². The maximum Gasteiger partial charge on any atom is 0.192 e. The Morgan fingerprint density at radius 3 is 1.45 bits per heavy atom. The zero-order valence-electron chi connectivity index (χ0n) is 17.6. The van der Waals surface area contributed by atoms with E-state index in [0.717, 1.165) is 17.1 Å². The summed E-state index contributed by atoms with van der Waals surface area (Å²) in [5, 5.41) is 0. The van der Waals surface area contributed by atoms with Gasteiger partial charge >= 0.3 is 0 Å². The second-order valence-corrected chi connectivity index (χ2v) is 6.91. The molecule has 3 rings (SSSR count). The second-order valence-electron chi connectivity index (χ2n) is 6.91. The Hall–Kier alpha value is -4.05. The van der Waals surface area contributed by atoms with Crippen LogP contribution in [0.15, 0.2) is 109 Å². The summed E-state index contributed by atoms with van der Waals surface area (Å²) in [5.74, 6) is 3.34. The average molecular weight is 412 g/mol. The Labute approximate surface area is 182 Å². The van der Waals surface area contributed by atoms with Crippen LogP contribution in [-0.4, -0.2) is 12.9 Å². The van der Waals surface area contributed by atoms with Crippen molar-refractivity contribution < 1.29 is 19.0 Å². The first kappa shape index (κ1) is 21.7. The van der Waals surface area contributed by atoms with E-state index in [1.807, 2.05) is 55.5 Å². The molecule has 0 aliphatic rings. The largest absolute Gasteiger partial charge is 0.497 e. The fourth-order valence-corrected chi connectivity index (χ4v) is 2.67. The predicted octanol–water partition coefficient (Wildman–Crippen LogP) is 7.15. The number of hydrogen-bond acceptors (Lipinski definition) is 4. The molecule has 0 N–H and O–H groups in total. The zero-order valence-corrected chi connectivity index (χ0v) is 17.6. The van der Waals surface area contributed by atoms with Crippen LogP contribution in [0.25, 0.3) is 0 Å². The molecule has 0 aliphatic heterocycles. The van der Waals surface area contributed by atoms with Gasteiger partial charge in [-0.2, -0.15) is 0 Å². The van der Waals surface area contributed by atoms with Gasteiger partial charge in [0.25, 0.3) is 0 Å². The third kappa shape index (κ3) is 6.21. The van der Waals surface area contributed by atoms with E-state index < -0.39 is 0 Å². The number of allylic oxidation sites excluding steroid dienone is 4. The zero-order chi connectivity index (χ0) is 22.2. The molecule has 0 saturated heterocycles. The van der Waals surface area contributed by atoms with Gasteiger partial charge in [0.15, 0.2) is 5.78 Å². The molecule has 0 unspecified atom stereocenters. The van der Waals surface area contributed by atoms with E-state index in [1.165, 1.54) is 0 Å². The lowest BCUT2D eigenvalue weighted by Gasteiger charge is -2.09. The molecule has 0 amide bonds. The van der Waals surface area contributed by atoms with Crippen LogP contribution in [0.2, 0.25) is 0 Å². The van der Waals surface area contributed by atoms with Gasteiger partial charge in [0.05, 0.1) is 7.11 Å². The van der Waals surface area contributed by atoms with Crippen LogP contribution in [0.4, 0.5) is 0 Å². The van der Waals surface area contributed by atoms with Gasteiger partial charge in [-0.25, -0.2) is 0 Å². The topological polar surface area (TPSA) is 44.8 Å². The molecule has 0 spiro atoms. The quantitative estimate of drug-likeness (QED) is 0.213. The maximum absolute atomic E-state index is 12.4. The minimum atomic E-state index is -0.135. The van der Waals surface area contributed by atoms with Crippen LogP contribution < -0.4 is 14.2 Å². The number of Topliss-reactive ketones (excluding diaryl/α,β-unsaturated/α-hetero) is 1. The molecule has 0 saturated carbocycles. The first-order valence-electron chi connectivity index (χ1n) is 9.71. The minimum absolute atomic E-state index is 0.135. The van der Waals surface area contributed by atoms with E-state index in [-0.39, 0.29) is 5.78 Å². The van der Waals surface area contributed by atoms with Crippen molar-refractivity contribution in [3.8, 4) is 28.7 Å². The van der Waals surface area contributed by atoms with E-state index in [9.17, 15) is 4.79 Å². The number of carbonyl (C=O) groups excluding carboxylic acids is 1. The van der Waals surface area contributed by atoms with Crippen molar-refractivity contribution in [2.75, 3.05) is 7.11 Å². The van der Waals surface area contributed by atoms with Gasteiger partial charge in [0, 0.05) is 11.1 Å². The molecular weight excluding hydrogens is 388 g/mol. The van der Waals surface area contributed by atoms with Gasteiger partial charge in [0.2, 0.25) is 0 Å². The first-order chi connectivity index (χ1) is 14.9. The molecule has 156 valence electrons. The summed E-state index contributed by atoms with van der Waals surface area (Å²) in [6, 6.07) is 21.6. The lowest BCUT2D eigenvalue weighted by Crippen LogP contribution is -2.00. The van der Waals surface area contributed by atoms with Crippen molar-refractivity contribution >= 4 is 5.78 Å². The number of hydrogen-bond donors (Lipinski definition) is 0. The normalized spacial score (nSPS) is 10.5. The van der Waals surface area contributed by atoms with Gasteiger partial charge in [-0.1, -0.05) is 30.9 Å². The number of rotatable bonds is 9. The summed E-state index contributed by atoms with van der Waals surface area (Å²) in [6.07, 6.45) is 3.43. The second kappa shape index (κ2) is 10.1. The first-order valence-corrected chi connectivity index (χ1v) is 9.71. The maximum atomic E-state index is 12.4. The molecule has 3 aromatic rings. The third-order valence-electron chi connectivity index (χ3n) is 4.33. The van der Waals surface area contributed by atoms with Gasteiger partial charge < -0.3 is 14.2 Å². The fourth-order valence-electron chi connectivity index (χ4n) is 2.67. The van der Waals surface area contributed by atoms with Crippen LogP contribution in [-0.2, 0) is 0 Å². The summed E-state index contributed by atoms with van der Waals surface area (Å²) in [7, 11) is 1.62. The molecule has 0 atom stereocenters. The molecule has 4 heteroatoms. The minimum Gasteiger partial charge on any atom is -0.497 e. The SMILES string of the molecule is C=C(C)C=CC(=C)C(=O)c1ccc(Oc2ccc(Oc3ccc(OC)cc3)cc2)cc1. The summed E-state index contributed by atoms with van der Waals surface area (Å²) < 4.78 is 16.8. The lowest BCUT2D eigenvalue weighted by atomic mass is 10.0. The summed E-state index contributed by atoms with van der Waals surface area (Å²) in [6.45, 7) is 9.45.